The zero-order valence-electron chi connectivity index (χ0n) is 14.4. The van der Waals surface area contributed by atoms with Gasteiger partial charge in [-0.25, -0.2) is 0 Å². The largest absolute Gasteiger partial charge is 0.461 e. The number of anilines is 1. The molecule has 0 saturated carbocycles. The van der Waals surface area contributed by atoms with Crippen molar-refractivity contribution in [1.29, 1.82) is 0 Å². The van der Waals surface area contributed by atoms with E-state index in [4.69, 9.17) is 4.42 Å². The number of aromatic nitrogens is 3. The lowest BCUT2D eigenvalue weighted by atomic mass is 10.2. The molecule has 0 radical (unpaired) electrons. The van der Waals surface area contributed by atoms with Crippen molar-refractivity contribution in [3.8, 4) is 11.6 Å². The van der Waals surface area contributed by atoms with Gasteiger partial charge >= 0.3 is 0 Å². The first-order chi connectivity index (χ1) is 12.0. The van der Waals surface area contributed by atoms with Crippen molar-refractivity contribution >= 4 is 23.4 Å². The molecule has 0 aliphatic heterocycles. The van der Waals surface area contributed by atoms with Crippen LogP contribution < -0.4 is 5.32 Å². The van der Waals surface area contributed by atoms with Gasteiger partial charge in [0.15, 0.2) is 10.9 Å². The van der Waals surface area contributed by atoms with Gasteiger partial charge in [0, 0.05) is 11.7 Å². The third-order valence-electron chi connectivity index (χ3n) is 3.56. The minimum Gasteiger partial charge on any atom is -0.461 e. The van der Waals surface area contributed by atoms with E-state index in [1.54, 1.807) is 6.26 Å². The van der Waals surface area contributed by atoms with Gasteiger partial charge in [-0.05, 0) is 50.6 Å². The van der Waals surface area contributed by atoms with Crippen LogP contribution in [0.4, 0.5) is 5.69 Å². The lowest BCUT2D eigenvalue weighted by Crippen LogP contribution is -2.15. The fourth-order valence-electron chi connectivity index (χ4n) is 2.46. The molecule has 0 bridgehead atoms. The SMILES string of the molecule is Cc1cccc(NC(=O)CSc2nnc(-c3ccco3)n2C(C)C)c1. The van der Waals surface area contributed by atoms with Crippen molar-refractivity contribution in [2.24, 2.45) is 0 Å². The van der Waals surface area contributed by atoms with Gasteiger partial charge in [-0.2, -0.15) is 0 Å². The minimum absolute atomic E-state index is 0.0755. The van der Waals surface area contributed by atoms with E-state index in [1.165, 1.54) is 11.8 Å². The Bertz CT molecular complexity index is 856. The second kappa shape index (κ2) is 7.57. The average molecular weight is 356 g/mol. The Hall–Kier alpha value is -2.54. The Labute approximate surface area is 150 Å². The molecule has 0 fully saturated rings. The average Bonchev–Trinajstić information content (AvgIpc) is 3.22. The van der Waals surface area contributed by atoms with Gasteiger partial charge in [-0.1, -0.05) is 23.9 Å². The minimum atomic E-state index is -0.0755. The summed E-state index contributed by atoms with van der Waals surface area (Å²) in [5.74, 6) is 1.52. The summed E-state index contributed by atoms with van der Waals surface area (Å²) in [5, 5.41) is 12.0. The normalized spacial score (nSPS) is 11.0. The van der Waals surface area contributed by atoms with Crippen LogP contribution in [0.15, 0.2) is 52.2 Å². The van der Waals surface area contributed by atoms with Crippen LogP contribution in [0.3, 0.4) is 0 Å². The van der Waals surface area contributed by atoms with E-state index in [1.807, 2.05) is 61.7 Å². The summed E-state index contributed by atoms with van der Waals surface area (Å²) in [6.45, 7) is 6.09. The Balaban J connectivity index is 1.70. The molecule has 1 amide bonds. The Kier molecular flexibility index (Phi) is 5.23. The molecule has 0 unspecified atom stereocenters. The van der Waals surface area contributed by atoms with Gasteiger partial charge < -0.3 is 9.73 Å². The van der Waals surface area contributed by atoms with Gasteiger partial charge in [0.05, 0.1) is 12.0 Å². The van der Waals surface area contributed by atoms with Crippen molar-refractivity contribution in [1.82, 2.24) is 14.8 Å². The first kappa shape index (κ1) is 17.3. The predicted octanol–water partition coefficient (Wildman–Crippen LogP) is 4.16. The highest BCUT2D eigenvalue weighted by Crippen LogP contribution is 2.27. The summed E-state index contributed by atoms with van der Waals surface area (Å²) in [6, 6.07) is 11.5. The van der Waals surface area contributed by atoms with Crippen molar-refractivity contribution in [3.05, 3.63) is 48.2 Å². The number of hydrogen-bond donors (Lipinski definition) is 1. The van der Waals surface area contributed by atoms with Gasteiger partial charge in [-0.15, -0.1) is 10.2 Å². The molecule has 0 saturated heterocycles. The first-order valence-electron chi connectivity index (χ1n) is 8.02. The molecule has 0 spiro atoms. The number of benzene rings is 1. The standard InChI is InChI=1S/C18H20N4O2S/c1-12(2)22-17(15-8-5-9-24-15)20-21-18(22)25-11-16(23)19-14-7-4-6-13(3)10-14/h4-10,12H,11H2,1-3H3,(H,19,23). The van der Waals surface area contributed by atoms with Crippen molar-refractivity contribution in [3.63, 3.8) is 0 Å². The van der Waals surface area contributed by atoms with Gasteiger partial charge in [0.2, 0.25) is 11.7 Å². The number of furan rings is 1. The van der Waals surface area contributed by atoms with Gasteiger partial charge in [0.1, 0.15) is 0 Å². The zero-order chi connectivity index (χ0) is 17.8. The van der Waals surface area contributed by atoms with Crippen LogP contribution in [0, 0.1) is 6.92 Å². The highest BCUT2D eigenvalue weighted by Gasteiger charge is 2.19. The van der Waals surface area contributed by atoms with Crippen LogP contribution in [-0.2, 0) is 4.79 Å². The molecular weight excluding hydrogens is 336 g/mol. The van der Waals surface area contributed by atoms with Gasteiger partial charge in [0.25, 0.3) is 0 Å². The number of aryl methyl sites for hydroxylation is 1. The van der Waals surface area contributed by atoms with E-state index < -0.39 is 0 Å². The first-order valence-corrected chi connectivity index (χ1v) is 9.01. The highest BCUT2D eigenvalue weighted by atomic mass is 32.2. The van der Waals surface area contributed by atoms with Crippen molar-refractivity contribution < 1.29 is 9.21 Å². The number of carbonyl (C=O) groups is 1. The van der Waals surface area contributed by atoms with Crippen LogP contribution >= 0.6 is 11.8 Å². The zero-order valence-corrected chi connectivity index (χ0v) is 15.2. The number of hydrogen-bond acceptors (Lipinski definition) is 5. The summed E-state index contributed by atoms with van der Waals surface area (Å²) >= 11 is 1.36. The van der Waals surface area contributed by atoms with E-state index in [0.29, 0.717) is 16.7 Å². The third-order valence-corrected chi connectivity index (χ3v) is 4.50. The van der Waals surface area contributed by atoms with Crippen LogP contribution in [0.1, 0.15) is 25.5 Å². The Morgan fingerprint density at radius 1 is 1.28 bits per heavy atom. The maximum atomic E-state index is 12.2. The third kappa shape index (κ3) is 4.11. The van der Waals surface area contributed by atoms with Crippen molar-refractivity contribution in [2.45, 2.75) is 32.0 Å². The molecule has 2 heterocycles. The maximum absolute atomic E-state index is 12.2. The number of amides is 1. The van der Waals surface area contributed by atoms with E-state index in [0.717, 1.165) is 11.3 Å². The lowest BCUT2D eigenvalue weighted by Gasteiger charge is -2.12. The molecule has 3 aromatic rings. The molecule has 6 nitrogen and oxygen atoms in total. The molecule has 25 heavy (non-hydrogen) atoms. The lowest BCUT2D eigenvalue weighted by molar-refractivity contribution is -0.113. The van der Waals surface area contributed by atoms with E-state index in [9.17, 15) is 4.79 Å². The molecule has 7 heteroatoms. The molecule has 1 aromatic carbocycles. The second-order valence-corrected chi connectivity index (χ2v) is 6.90. The fraction of sp³-hybridized carbons (Fsp3) is 0.278. The summed E-state index contributed by atoms with van der Waals surface area (Å²) < 4.78 is 7.40. The van der Waals surface area contributed by atoms with Gasteiger partial charge in [-0.3, -0.25) is 9.36 Å². The topological polar surface area (TPSA) is 73.0 Å². The predicted molar refractivity (Wildman–Crippen MR) is 98.6 cm³/mol. The van der Waals surface area contributed by atoms with Crippen LogP contribution in [0.5, 0.6) is 0 Å². The van der Waals surface area contributed by atoms with Crippen LogP contribution in [-0.4, -0.2) is 26.4 Å². The molecule has 0 aliphatic carbocycles. The summed E-state index contributed by atoms with van der Waals surface area (Å²) in [4.78, 5) is 12.2. The summed E-state index contributed by atoms with van der Waals surface area (Å²) in [5.41, 5.74) is 1.90. The second-order valence-electron chi connectivity index (χ2n) is 5.95. The van der Waals surface area contributed by atoms with E-state index in [-0.39, 0.29) is 17.7 Å². The molecule has 0 aliphatic rings. The number of rotatable bonds is 6. The van der Waals surface area contributed by atoms with E-state index in [2.05, 4.69) is 15.5 Å². The molecule has 3 rings (SSSR count). The number of nitrogens with zero attached hydrogens (tertiary/aromatic N) is 3. The van der Waals surface area contributed by atoms with Crippen LogP contribution in [0.25, 0.3) is 11.6 Å². The highest BCUT2D eigenvalue weighted by molar-refractivity contribution is 7.99. The molecular formula is C18H20N4O2S. The maximum Gasteiger partial charge on any atom is 0.234 e. The summed E-state index contributed by atoms with van der Waals surface area (Å²) in [6.07, 6.45) is 1.61. The number of thioether (sulfide) groups is 1. The fourth-order valence-corrected chi connectivity index (χ4v) is 3.33. The number of carbonyl (C=O) groups excluding carboxylic acids is 1. The summed E-state index contributed by atoms with van der Waals surface area (Å²) in [7, 11) is 0. The molecule has 2 aromatic heterocycles. The molecule has 130 valence electrons. The van der Waals surface area contributed by atoms with Crippen molar-refractivity contribution in [2.75, 3.05) is 11.1 Å². The molecule has 0 atom stereocenters. The Morgan fingerprint density at radius 3 is 2.80 bits per heavy atom. The van der Waals surface area contributed by atoms with E-state index >= 15 is 0 Å². The molecule has 1 N–H and O–H groups in total. The Morgan fingerprint density at radius 2 is 2.12 bits per heavy atom. The quantitative estimate of drug-likeness (QED) is 0.672. The monoisotopic (exact) mass is 356 g/mol. The van der Waals surface area contributed by atoms with Crippen LogP contribution in [0.2, 0.25) is 0 Å². The number of nitrogens with one attached hydrogen (secondary N) is 1. The smallest absolute Gasteiger partial charge is 0.234 e.